The zero-order valence-electron chi connectivity index (χ0n) is 11.2. The average molecular weight is 265 g/mol. The lowest BCUT2D eigenvalue weighted by molar-refractivity contribution is 0.308. The number of aryl methyl sites for hydroxylation is 1. The van der Waals surface area contributed by atoms with Gasteiger partial charge >= 0.3 is 0 Å². The largest absolute Gasteiger partial charge is 0.494 e. The molecule has 0 saturated carbocycles. The first kappa shape index (κ1) is 15.0. The summed E-state index contributed by atoms with van der Waals surface area (Å²) < 4.78 is 5.66. The first-order valence-corrected chi connectivity index (χ1v) is 7.13. The van der Waals surface area contributed by atoms with Crippen LogP contribution in [0.3, 0.4) is 0 Å². The second-order valence-corrected chi connectivity index (χ2v) is 5.04. The van der Waals surface area contributed by atoms with Crippen molar-refractivity contribution in [2.24, 2.45) is 5.73 Å². The number of thiocarbonyl (C=S) groups is 1. The van der Waals surface area contributed by atoms with Gasteiger partial charge in [-0.2, -0.15) is 0 Å². The van der Waals surface area contributed by atoms with Crippen molar-refractivity contribution >= 4 is 17.2 Å². The summed E-state index contributed by atoms with van der Waals surface area (Å²) in [5.41, 5.74) is 6.82. The van der Waals surface area contributed by atoms with E-state index in [1.807, 2.05) is 0 Å². The highest BCUT2D eigenvalue weighted by Crippen LogP contribution is 2.14. The van der Waals surface area contributed by atoms with E-state index in [4.69, 9.17) is 22.7 Å². The Hall–Kier alpha value is -1.09. The highest BCUT2D eigenvalue weighted by atomic mass is 32.1. The molecule has 0 heterocycles. The van der Waals surface area contributed by atoms with E-state index >= 15 is 0 Å². The fraction of sp³-hybridized carbons (Fsp3) is 0.533. The topological polar surface area (TPSA) is 35.2 Å². The predicted molar refractivity (Wildman–Crippen MR) is 81.2 cm³/mol. The summed E-state index contributed by atoms with van der Waals surface area (Å²) in [6.07, 6.45) is 6.46. The standard InChI is InChI=1S/C15H23NOS/c1-2-3-6-13-8-10-14(11-9-13)17-12-5-4-7-15(16)18/h8-11H,2-7,12H2,1H3,(H2,16,18). The molecule has 0 atom stereocenters. The monoisotopic (exact) mass is 265 g/mol. The van der Waals surface area contributed by atoms with Gasteiger partial charge in [-0.05, 0) is 49.8 Å². The van der Waals surface area contributed by atoms with Crippen molar-refractivity contribution in [2.45, 2.75) is 45.4 Å². The smallest absolute Gasteiger partial charge is 0.119 e. The molecule has 0 aliphatic heterocycles. The van der Waals surface area contributed by atoms with Crippen LogP contribution in [0.1, 0.15) is 44.6 Å². The van der Waals surface area contributed by atoms with E-state index in [2.05, 4.69) is 31.2 Å². The molecule has 2 N–H and O–H groups in total. The molecular weight excluding hydrogens is 242 g/mol. The normalized spacial score (nSPS) is 10.3. The molecule has 0 spiro atoms. The van der Waals surface area contributed by atoms with Crippen molar-refractivity contribution in [1.82, 2.24) is 0 Å². The lowest BCUT2D eigenvalue weighted by Gasteiger charge is -2.07. The summed E-state index contributed by atoms with van der Waals surface area (Å²) >= 11 is 4.82. The summed E-state index contributed by atoms with van der Waals surface area (Å²) in [7, 11) is 0. The Balaban J connectivity index is 2.20. The van der Waals surface area contributed by atoms with Crippen molar-refractivity contribution in [1.29, 1.82) is 0 Å². The fourth-order valence-electron chi connectivity index (χ4n) is 1.72. The number of hydrogen-bond donors (Lipinski definition) is 1. The van der Waals surface area contributed by atoms with Gasteiger partial charge in [-0.1, -0.05) is 37.7 Å². The third kappa shape index (κ3) is 6.60. The van der Waals surface area contributed by atoms with Crippen molar-refractivity contribution in [3.05, 3.63) is 29.8 Å². The Bertz CT molecular complexity index is 348. The van der Waals surface area contributed by atoms with Crippen LogP contribution in [0.25, 0.3) is 0 Å². The lowest BCUT2D eigenvalue weighted by Crippen LogP contribution is -2.07. The number of hydrogen-bond acceptors (Lipinski definition) is 2. The number of benzene rings is 1. The van der Waals surface area contributed by atoms with E-state index in [0.29, 0.717) is 4.99 Å². The number of rotatable bonds is 9. The Labute approximate surface area is 116 Å². The quantitative estimate of drug-likeness (QED) is 0.544. The molecule has 1 rings (SSSR count). The molecule has 0 unspecified atom stereocenters. The molecule has 0 fully saturated rings. The second-order valence-electron chi connectivity index (χ2n) is 4.52. The van der Waals surface area contributed by atoms with Gasteiger partial charge in [0.1, 0.15) is 5.75 Å². The molecule has 1 aromatic rings. The van der Waals surface area contributed by atoms with Crippen LogP contribution in [0, 0.1) is 0 Å². The van der Waals surface area contributed by atoms with Gasteiger partial charge in [0, 0.05) is 0 Å². The zero-order chi connectivity index (χ0) is 13.2. The SMILES string of the molecule is CCCCc1ccc(OCCCCC(N)=S)cc1. The molecule has 18 heavy (non-hydrogen) atoms. The Kier molecular flexibility index (Phi) is 7.42. The third-order valence-corrected chi connectivity index (χ3v) is 3.03. The Morgan fingerprint density at radius 2 is 1.89 bits per heavy atom. The van der Waals surface area contributed by atoms with Gasteiger partial charge in [-0.25, -0.2) is 0 Å². The summed E-state index contributed by atoms with van der Waals surface area (Å²) in [5.74, 6) is 0.950. The van der Waals surface area contributed by atoms with Crippen LogP contribution in [0.5, 0.6) is 5.75 Å². The summed E-state index contributed by atoms with van der Waals surface area (Å²) in [4.78, 5) is 0.593. The summed E-state index contributed by atoms with van der Waals surface area (Å²) in [6, 6.07) is 8.41. The molecule has 0 saturated heterocycles. The highest BCUT2D eigenvalue weighted by Gasteiger charge is 1.96. The minimum Gasteiger partial charge on any atom is -0.494 e. The molecule has 0 radical (unpaired) electrons. The van der Waals surface area contributed by atoms with Gasteiger partial charge in [0.05, 0.1) is 11.6 Å². The molecule has 0 bridgehead atoms. The van der Waals surface area contributed by atoms with Crippen molar-refractivity contribution in [3.63, 3.8) is 0 Å². The van der Waals surface area contributed by atoms with Crippen LogP contribution in [0.4, 0.5) is 0 Å². The van der Waals surface area contributed by atoms with Gasteiger partial charge in [0.15, 0.2) is 0 Å². The van der Waals surface area contributed by atoms with E-state index < -0.39 is 0 Å². The molecule has 2 nitrogen and oxygen atoms in total. The first-order valence-electron chi connectivity index (χ1n) is 6.72. The lowest BCUT2D eigenvalue weighted by atomic mass is 10.1. The summed E-state index contributed by atoms with van der Waals surface area (Å²) in [6.45, 7) is 2.95. The van der Waals surface area contributed by atoms with E-state index in [1.54, 1.807) is 0 Å². The zero-order valence-corrected chi connectivity index (χ0v) is 12.0. The van der Waals surface area contributed by atoms with Gasteiger partial charge < -0.3 is 10.5 Å². The minimum atomic E-state index is 0.593. The number of ether oxygens (including phenoxy) is 1. The van der Waals surface area contributed by atoms with E-state index in [1.165, 1.54) is 18.4 Å². The highest BCUT2D eigenvalue weighted by molar-refractivity contribution is 7.80. The Morgan fingerprint density at radius 1 is 1.17 bits per heavy atom. The van der Waals surface area contributed by atoms with Gasteiger partial charge in [-0.3, -0.25) is 0 Å². The molecular formula is C15H23NOS. The minimum absolute atomic E-state index is 0.593. The van der Waals surface area contributed by atoms with Crippen LogP contribution in [0.15, 0.2) is 24.3 Å². The van der Waals surface area contributed by atoms with Crippen molar-refractivity contribution in [3.8, 4) is 5.75 Å². The predicted octanol–water partition coefficient (Wildman–Crippen LogP) is 3.86. The molecule has 0 amide bonds. The molecule has 1 aromatic carbocycles. The van der Waals surface area contributed by atoms with E-state index in [9.17, 15) is 0 Å². The van der Waals surface area contributed by atoms with Crippen LogP contribution >= 0.6 is 12.2 Å². The molecule has 0 aromatic heterocycles. The fourth-order valence-corrected chi connectivity index (χ4v) is 1.87. The molecule has 0 aliphatic carbocycles. The summed E-state index contributed by atoms with van der Waals surface area (Å²) in [5, 5.41) is 0. The maximum Gasteiger partial charge on any atom is 0.119 e. The first-order chi connectivity index (χ1) is 8.72. The van der Waals surface area contributed by atoms with Gasteiger partial charge in [-0.15, -0.1) is 0 Å². The van der Waals surface area contributed by atoms with Crippen LogP contribution in [-0.4, -0.2) is 11.6 Å². The molecule has 0 aliphatic rings. The van der Waals surface area contributed by atoms with E-state index in [-0.39, 0.29) is 0 Å². The van der Waals surface area contributed by atoms with E-state index in [0.717, 1.165) is 38.0 Å². The van der Waals surface area contributed by atoms with Gasteiger partial charge in [0.25, 0.3) is 0 Å². The van der Waals surface area contributed by atoms with Crippen LogP contribution in [-0.2, 0) is 6.42 Å². The van der Waals surface area contributed by atoms with Crippen LogP contribution in [0.2, 0.25) is 0 Å². The third-order valence-electron chi connectivity index (χ3n) is 2.83. The molecule has 3 heteroatoms. The maximum absolute atomic E-state index is 5.66. The maximum atomic E-state index is 5.66. The average Bonchev–Trinajstić information content (AvgIpc) is 2.37. The number of unbranched alkanes of at least 4 members (excludes halogenated alkanes) is 2. The Morgan fingerprint density at radius 3 is 2.50 bits per heavy atom. The second kappa shape index (κ2) is 8.92. The van der Waals surface area contributed by atoms with Crippen molar-refractivity contribution < 1.29 is 4.74 Å². The van der Waals surface area contributed by atoms with Gasteiger partial charge in [0.2, 0.25) is 0 Å². The number of nitrogens with two attached hydrogens (primary N) is 1. The molecule has 100 valence electrons. The van der Waals surface area contributed by atoms with Crippen LogP contribution < -0.4 is 10.5 Å². The van der Waals surface area contributed by atoms with Crippen molar-refractivity contribution in [2.75, 3.05) is 6.61 Å².